The van der Waals surface area contributed by atoms with Gasteiger partial charge in [-0.25, -0.2) is 0 Å². The van der Waals surface area contributed by atoms with Gasteiger partial charge in [0.25, 0.3) is 0 Å². The molecule has 0 saturated heterocycles. The first-order valence-electron chi connectivity index (χ1n) is 6.68. The molecule has 0 radical (unpaired) electrons. The summed E-state index contributed by atoms with van der Waals surface area (Å²) in [7, 11) is 0. The standard InChI is InChI=1S/C17H20O3/c1-13(18)14-8-10-16(11-9-14)20-12-17(2,19)15-6-4-3-5-7-15/h3-11,13,18-19H,12H2,1-2H3/t13-,17?/m1/s1. The molecule has 0 amide bonds. The van der Waals surface area contributed by atoms with Crippen molar-refractivity contribution in [2.24, 2.45) is 0 Å². The lowest BCUT2D eigenvalue weighted by molar-refractivity contribution is 0.00758. The highest BCUT2D eigenvalue weighted by Crippen LogP contribution is 2.23. The minimum atomic E-state index is -1.04. The van der Waals surface area contributed by atoms with Crippen LogP contribution in [0.4, 0.5) is 0 Å². The Hall–Kier alpha value is -1.84. The van der Waals surface area contributed by atoms with Gasteiger partial charge in [0.2, 0.25) is 0 Å². The van der Waals surface area contributed by atoms with Crippen LogP contribution in [0.15, 0.2) is 54.6 Å². The molecule has 20 heavy (non-hydrogen) atoms. The molecule has 0 aliphatic heterocycles. The minimum absolute atomic E-state index is 0.172. The van der Waals surface area contributed by atoms with Crippen LogP contribution < -0.4 is 4.74 Å². The summed E-state index contributed by atoms with van der Waals surface area (Å²) in [6, 6.07) is 16.7. The zero-order valence-corrected chi connectivity index (χ0v) is 11.8. The number of hydrogen-bond donors (Lipinski definition) is 2. The van der Waals surface area contributed by atoms with Crippen molar-refractivity contribution in [3.05, 3.63) is 65.7 Å². The van der Waals surface area contributed by atoms with E-state index in [2.05, 4.69) is 0 Å². The van der Waals surface area contributed by atoms with Crippen molar-refractivity contribution >= 4 is 0 Å². The van der Waals surface area contributed by atoms with Gasteiger partial charge in [-0.1, -0.05) is 42.5 Å². The van der Waals surface area contributed by atoms with Crippen LogP contribution in [-0.4, -0.2) is 16.8 Å². The molecule has 2 aromatic rings. The monoisotopic (exact) mass is 272 g/mol. The number of aliphatic hydroxyl groups is 2. The third kappa shape index (κ3) is 3.59. The van der Waals surface area contributed by atoms with E-state index in [1.165, 1.54) is 0 Å². The van der Waals surface area contributed by atoms with Crippen LogP contribution in [0.3, 0.4) is 0 Å². The molecule has 1 unspecified atom stereocenters. The minimum Gasteiger partial charge on any atom is -0.490 e. The molecule has 2 aromatic carbocycles. The summed E-state index contributed by atoms with van der Waals surface area (Å²) < 4.78 is 5.63. The molecule has 0 saturated carbocycles. The number of aliphatic hydroxyl groups excluding tert-OH is 1. The maximum atomic E-state index is 10.4. The highest BCUT2D eigenvalue weighted by Gasteiger charge is 2.23. The fraction of sp³-hybridized carbons (Fsp3) is 0.294. The lowest BCUT2D eigenvalue weighted by Crippen LogP contribution is -2.29. The van der Waals surface area contributed by atoms with Gasteiger partial charge in [0.15, 0.2) is 0 Å². The SMILES string of the molecule is C[C@@H](O)c1ccc(OCC(C)(O)c2ccccc2)cc1. The third-order valence-corrected chi connectivity index (χ3v) is 3.28. The Kier molecular flexibility index (Phi) is 4.42. The summed E-state index contributed by atoms with van der Waals surface area (Å²) in [6.45, 7) is 3.62. The summed E-state index contributed by atoms with van der Waals surface area (Å²) in [6.07, 6.45) is -0.489. The van der Waals surface area contributed by atoms with Gasteiger partial charge in [0.1, 0.15) is 18.0 Å². The maximum Gasteiger partial charge on any atom is 0.121 e. The van der Waals surface area contributed by atoms with Gasteiger partial charge in [0, 0.05) is 0 Å². The van der Waals surface area contributed by atoms with Crippen molar-refractivity contribution in [2.75, 3.05) is 6.61 Å². The molecule has 2 N–H and O–H groups in total. The van der Waals surface area contributed by atoms with E-state index in [4.69, 9.17) is 4.74 Å². The lowest BCUT2D eigenvalue weighted by atomic mass is 9.97. The van der Waals surface area contributed by atoms with Gasteiger partial charge >= 0.3 is 0 Å². The van der Waals surface area contributed by atoms with Crippen LogP contribution in [0.25, 0.3) is 0 Å². The lowest BCUT2D eigenvalue weighted by Gasteiger charge is -2.24. The average molecular weight is 272 g/mol. The molecule has 0 bridgehead atoms. The summed E-state index contributed by atoms with van der Waals surface area (Å²) >= 11 is 0. The van der Waals surface area contributed by atoms with Gasteiger partial charge in [-0.3, -0.25) is 0 Å². The normalized spacial score (nSPS) is 15.4. The molecule has 2 atom stereocenters. The summed E-state index contributed by atoms with van der Waals surface area (Å²) in [5.74, 6) is 0.672. The van der Waals surface area contributed by atoms with Crippen LogP contribution in [-0.2, 0) is 5.60 Å². The van der Waals surface area contributed by atoms with Gasteiger partial charge in [-0.05, 0) is 37.1 Å². The topological polar surface area (TPSA) is 49.7 Å². The predicted octanol–water partition coefficient (Wildman–Crippen LogP) is 3.03. The molecule has 0 spiro atoms. The number of hydrogen-bond acceptors (Lipinski definition) is 3. The second-order valence-corrected chi connectivity index (χ2v) is 5.17. The molecular formula is C17H20O3. The van der Waals surface area contributed by atoms with Crippen LogP contribution >= 0.6 is 0 Å². The van der Waals surface area contributed by atoms with E-state index in [9.17, 15) is 10.2 Å². The molecule has 3 nitrogen and oxygen atoms in total. The van der Waals surface area contributed by atoms with E-state index in [-0.39, 0.29) is 6.61 Å². The van der Waals surface area contributed by atoms with Gasteiger partial charge < -0.3 is 14.9 Å². The Morgan fingerprint density at radius 2 is 1.65 bits per heavy atom. The Bertz CT molecular complexity index is 530. The molecule has 106 valence electrons. The molecule has 0 aliphatic rings. The smallest absolute Gasteiger partial charge is 0.121 e. The van der Waals surface area contributed by atoms with Gasteiger partial charge in [-0.2, -0.15) is 0 Å². The van der Waals surface area contributed by atoms with E-state index >= 15 is 0 Å². The third-order valence-electron chi connectivity index (χ3n) is 3.28. The highest BCUT2D eigenvalue weighted by atomic mass is 16.5. The van der Waals surface area contributed by atoms with Crippen LogP contribution in [0.2, 0.25) is 0 Å². The van der Waals surface area contributed by atoms with Crippen molar-refractivity contribution in [3.63, 3.8) is 0 Å². The van der Waals surface area contributed by atoms with E-state index in [0.717, 1.165) is 11.1 Å². The fourth-order valence-corrected chi connectivity index (χ4v) is 1.95. The maximum absolute atomic E-state index is 10.4. The molecule has 3 heteroatoms. The molecule has 0 aromatic heterocycles. The Morgan fingerprint density at radius 1 is 1.05 bits per heavy atom. The molecule has 2 rings (SSSR count). The predicted molar refractivity (Wildman–Crippen MR) is 78.6 cm³/mol. The second kappa shape index (κ2) is 6.07. The summed E-state index contributed by atoms with van der Waals surface area (Å²) in [4.78, 5) is 0. The first-order valence-corrected chi connectivity index (χ1v) is 6.68. The Balaban J connectivity index is 2.01. The van der Waals surface area contributed by atoms with Crippen molar-refractivity contribution in [2.45, 2.75) is 25.6 Å². The first kappa shape index (κ1) is 14.6. The largest absolute Gasteiger partial charge is 0.490 e. The van der Waals surface area contributed by atoms with E-state index < -0.39 is 11.7 Å². The summed E-state index contributed by atoms with van der Waals surface area (Å²) in [5.41, 5.74) is 0.622. The van der Waals surface area contributed by atoms with Gasteiger partial charge in [-0.15, -0.1) is 0 Å². The van der Waals surface area contributed by atoms with Crippen molar-refractivity contribution in [1.29, 1.82) is 0 Å². The molecule has 0 aliphatic carbocycles. The highest BCUT2D eigenvalue weighted by molar-refractivity contribution is 5.29. The Morgan fingerprint density at radius 3 is 2.20 bits per heavy atom. The molecular weight excluding hydrogens is 252 g/mol. The van der Waals surface area contributed by atoms with E-state index in [1.807, 2.05) is 42.5 Å². The van der Waals surface area contributed by atoms with Crippen LogP contribution in [0.5, 0.6) is 5.75 Å². The quantitative estimate of drug-likeness (QED) is 0.879. The molecule has 0 fully saturated rings. The van der Waals surface area contributed by atoms with E-state index in [0.29, 0.717) is 5.75 Å². The number of ether oxygens (including phenoxy) is 1. The van der Waals surface area contributed by atoms with Crippen molar-refractivity contribution < 1.29 is 14.9 Å². The van der Waals surface area contributed by atoms with Gasteiger partial charge in [0.05, 0.1) is 6.10 Å². The number of benzene rings is 2. The fourth-order valence-electron chi connectivity index (χ4n) is 1.95. The second-order valence-electron chi connectivity index (χ2n) is 5.17. The van der Waals surface area contributed by atoms with Crippen LogP contribution in [0.1, 0.15) is 31.1 Å². The average Bonchev–Trinajstić information content (AvgIpc) is 2.46. The number of rotatable bonds is 5. The first-order chi connectivity index (χ1) is 9.49. The zero-order chi connectivity index (χ0) is 14.6. The van der Waals surface area contributed by atoms with Crippen molar-refractivity contribution in [1.82, 2.24) is 0 Å². The summed E-state index contributed by atoms with van der Waals surface area (Å²) in [5, 5.41) is 19.9. The van der Waals surface area contributed by atoms with Crippen LogP contribution in [0, 0.1) is 0 Å². The zero-order valence-electron chi connectivity index (χ0n) is 11.8. The molecule has 0 heterocycles. The Labute approximate surface area is 119 Å². The van der Waals surface area contributed by atoms with Crippen molar-refractivity contribution in [3.8, 4) is 5.75 Å². The van der Waals surface area contributed by atoms with E-state index in [1.54, 1.807) is 26.0 Å².